The van der Waals surface area contributed by atoms with Gasteiger partial charge in [-0.25, -0.2) is 0 Å². The van der Waals surface area contributed by atoms with Crippen molar-refractivity contribution in [3.8, 4) is 11.5 Å². The summed E-state index contributed by atoms with van der Waals surface area (Å²) in [6, 6.07) is 5.46. The molecular weight excluding hydrogens is 206 g/mol. The number of rotatable bonds is 6. The van der Waals surface area contributed by atoms with E-state index in [2.05, 4.69) is 5.32 Å². The highest BCUT2D eigenvalue weighted by molar-refractivity contribution is 5.83. The summed E-state index contributed by atoms with van der Waals surface area (Å²) < 4.78 is 10.3. The highest BCUT2D eigenvalue weighted by Gasteiger charge is 2.09. The monoisotopic (exact) mass is 223 g/mol. The summed E-state index contributed by atoms with van der Waals surface area (Å²) in [4.78, 5) is 11.5. The zero-order valence-electron chi connectivity index (χ0n) is 9.87. The lowest BCUT2D eigenvalue weighted by Crippen LogP contribution is -2.20. The number of carbonyl (C=O) groups excluding carboxylic acids is 1. The van der Waals surface area contributed by atoms with Crippen LogP contribution in [0, 0.1) is 0 Å². The highest BCUT2D eigenvalue weighted by atomic mass is 16.5. The molecule has 0 saturated carbocycles. The number of benzene rings is 1. The molecule has 0 aliphatic carbocycles. The molecule has 0 fully saturated rings. The van der Waals surface area contributed by atoms with Gasteiger partial charge in [-0.15, -0.1) is 0 Å². The maximum absolute atomic E-state index is 11.5. The van der Waals surface area contributed by atoms with Gasteiger partial charge in [0.05, 0.1) is 20.8 Å². The van der Waals surface area contributed by atoms with Crippen molar-refractivity contribution in [2.75, 3.05) is 27.8 Å². The Balaban J connectivity index is 2.83. The van der Waals surface area contributed by atoms with Crippen LogP contribution in [0.1, 0.15) is 5.56 Å². The number of ketones is 1. The first-order chi connectivity index (χ1) is 7.71. The topological polar surface area (TPSA) is 47.6 Å². The molecule has 0 aliphatic heterocycles. The molecule has 16 heavy (non-hydrogen) atoms. The Bertz CT molecular complexity index is 363. The van der Waals surface area contributed by atoms with Crippen molar-refractivity contribution in [1.29, 1.82) is 0 Å². The Labute approximate surface area is 95.6 Å². The van der Waals surface area contributed by atoms with Crippen LogP contribution in [0.15, 0.2) is 18.2 Å². The van der Waals surface area contributed by atoms with Crippen molar-refractivity contribution in [2.24, 2.45) is 0 Å². The Morgan fingerprint density at radius 2 is 2.06 bits per heavy atom. The quantitative estimate of drug-likeness (QED) is 0.782. The smallest absolute Gasteiger partial charge is 0.151 e. The molecule has 1 aromatic rings. The molecule has 0 spiro atoms. The predicted octanol–water partition coefficient (Wildman–Crippen LogP) is 1.03. The number of nitrogens with one attached hydrogen (secondary N) is 1. The third kappa shape index (κ3) is 3.24. The molecule has 0 radical (unpaired) electrons. The van der Waals surface area contributed by atoms with Crippen molar-refractivity contribution in [1.82, 2.24) is 5.32 Å². The number of likely N-dealkylation sites (N-methyl/N-ethyl adjacent to an activating group) is 1. The van der Waals surface area contributed by atoms with E-state index in [0.717, 1.165) is 11.3 Å². The van der Waals surface area contributed by atoms with E-state index in [4.69, 9.17) is 9.47 Å². The van der Waals surface area contributed by atoms with Gasteiger partial charge in [0, 0.05) is 18.1 Å². The molecule has 0 amide bonds. The van der Waals surface area contributed by atoms with Crippen LogP contribution < -0.4 is 14.8 Å². The van der Waals surface area contributed by atoms with Gasteiger partial charge in [-0.05, 0) is 13.1 Å². The van der Waals surface area contributed by atoms with Gasteiger partial charge in [-0.3, -0.25) is 4.79 Å². The first kappa shape index (κ1) is 12.5. The normalized spacial score (nSPS) is 9.94. The molecular formula is C12H17NO3. The summed E-state index contributed by atoms with van der Waals surface area (Å²) in [7, 11) is 4.94. The fourth-order valence-electron chi connectivity index (χ4n) is 1.47. The van der Waals surface area contributed by atoms with Gasteiger partial charge in [-0.1, -0.05) is 6.07 Å². The first-order valence-corrected chi connectivity index (χ1v) is 5.08. The van der Waals surface area contributed by atoms with Gasteiger partial charge in [0.1, 0.15) is 11.5 Å². The lowest BCUT2D eigenvalue weighted by Gasteiger charge is -2.09. The van der Waals surface area contributed by atoms with E-state index in [0.29, 0.717) is 18.7 Å². The highest BCUT2D eigenvalue weighted by Crippen LogP contribution is 2.24. The maximum Gasteiger partial charge on any atom is 0.151 e. The van der Waals surface area contributed by atoms with Crippen molar-refractivity contribution >= 4 is 5.78 Å². The van der Waals surface area contributed by atoms with Gasteiger partial charge in [-0.2, -0.15) is 0 Å². The third-order valence-electron chi connectivity index (χ3n) is 2.26. The second kappa shape index (κ2) is 6.12. The summed E-state index contributed by atoms with van der Waals surface area (Å²) in [5.41, 5.74) is 0.878. The van der Waals surface area contributed by atoms with Crippen LogP contribution in [-0.4, -0.2) is 33.6 Å². The van der Waals surface area contributed by atoms with Gasteiger partial charge in [0.15, 0.2) is 5.78 Å². The number of Topliss-reactive ketones (excluding diaryl/α,β-unsaturated/α-hetero) is 1. The van der Waals surface area contributed by atoms with Crippen LogP contribution in [0.3, 0.4) is 0 Å². The molecule has 0 atom stereocenters. The molecule has 88 valence electrons. The summed E-state index contributed by atoms with van der Waals surface area (Å²) in [5.74, 6) is 1.54. The summed E-state index contributed by atoms with van der Waals surface area (Å²) in [6.45, 7) is 0.370. The molecule has 0 saturated heterocycles. The van der Waals surface area contributed by atoms with E-state index < -0.39 is 0 Å². The second-order valence-corrected chi connectivity index (χ2v) is 3.42. The summed E-state index contributed by atoms with van der Waals surface area (Å²) in [5, 5.41) is 2.83. The van der Waals surface area contributed by atoms with Gasteiger partial charge in [0.2, 0.25) is 0 Å². The average molecular weight is 223 g/mol. The largest absolute Gasteiger partial charge is 0.497 e. The van der Waals surface area contributed by atoms with E-state index in [-0.39, 0.29) is 5.78 Å². The Hall–Kier alpha value is -1.55. The van der Waals surface area contributed by atoms with Gasteiger partial charge >= 0.3 is 0 Å². The van der Waals surface area contributed by atoms with E-state index in [1.807, 2.05) is 12.1 Å². The standard InChI is InChI=1S/C12H17NO3/c1-13-8-10(14)6-9-4-5-11(15-2)7-12(9)16-3/h4-5,7,13H,6,8H2,1-3H3. The van der Waals surface area contributed by atoms with E-state index in [9.17, 15) is 4.79 Å². The van der Waals surface area contributed by atoms with Crippen LogP contribution in [0.5, 0.6) is 11.5 Å². The zero-order chi connectivity index (χ0) is 12.0. The lowest BCUT2D eigenvalue weighted by molar-refractivity contribution is -0.117. The second-order valence-electron chi connectivity index (χ2n) is 3.42. The van der Waals surface area contributed by atoms with Crippen molar-refractivity contribution in [2.45, 2.75) is 6.42 Å². The van der Waals surface area contributed by atoms with E-state index >= 15 is 0 Å². The first-order valence-electron chi connectivity index (χ1n) is 5.08. The average Bonchev–Trinajstić information content (AvgIpc) is 2.30. The number of methoxy groups -OCH3 is 2. The molecule has 1 N–H and O–H groups in total. The Morgan fingerprint density at radius 3 is 2.62 bits per heavy atom. The van der Waals surface area contributed by atoms with Crippen LogP contribution >= 0.6 is 0 Å². The molecule has 4 nitrogen and oxygen atoms in total. The van der Waals surface area contributed by atoms with Crippen LogP contribution in [0.25, 0.3) is 0 Å². The van der Waals surface area contributed by atoms with Gasteiger partial charge < -0.3 is 14.8 Å². The minimum atomic E-state index is 0.131. The van der Waals surface area contributed by atoms with E-state index in [1.54, 1.807) is 27.3 Å². The van der Waals surface area contributed by atoms with E-state index in [1.165, 1.54) is 0 Å². The number of hydrogen-bond acceptors (Lipinski definition) is 4. The molecule has 0 aromatic heterocycles. The lowest BCUT2D eigenvalue weighted by atomic mass is 10.1. The molecule has 0 aliphatic rings. The van der Waals surface area contributed by atoms with Crippen molar-refractivity contribution in [3.63, 3.8) is 0 Å². The molecule has 1 rings (SSSR count). The number of carbonyl (C=O) groups is 1. The fraction of sp³-hybridized carbons (Fsp3) is 0.417. The molecule has 4 heteroatoms. The van der Waals surface area contributed by atoms with Crippen molar-refractivity contribution in [3.05, 3.63) is 23.8 Å². The van der Waals surface area contributed by atoms with Crippen LogP contribution in [0.4, 0.5) is 0 Å². The molecule has 1 aromatic carbocycles. The zero-order valence-corrected chi connectivity index (χ0v) is 9.87. The third-order valence-corrected chi connectivity index (χ3v) is 2.26. The summed E-state index contributed by atoms with van der Waals surface area (Å²) in [6.07, 6.45) is 0.369. The Morgan fingerprint density at radius 1 is 1.31 bits per heavy atom. The molecule has 0 heterocycles. The molecule has 0 bridgehead atoms. The van der Waals surface area contributed by atoms with Crippen LogP contribution in [-0.2, 0) is 11.2 Å². The Kier molecular flexibility index (Phi) is 4.79. The van der Waals surface area contributed by atoms with Crippen molar-refractivity contribution < 1.29 is 14.3 Å². The minimum absolute atomic E-state index is 0.131. The minimum Gasteiger partial charge on any atom is -0.497 e. The number of hydrogen-bond donors (Lipinski definition) is 1. The number of ether oxygens (including phenoxy) is 2. The maximum atomic E-state index is 11.5. The fourth-order valence-corrected chi connectivity index (χ4v) is 1.47. The SMILES string of the molecule is CNCC(=O)Cc1ccc(OC)cc1OC. The van der Waals surface area contributed by atoms with Crippen LogP contribution in [0.2, 0.25) is 0 Å². The van der Waals surface area contributed by atoms with Gasteiger partial charge in [0.25, 0.3) is 0 Å². The molecule has 0 unspecified atom stereocenters. The predicted molar refractivity (Wildman–Crippen MR) is 62.2 cm³/mol. The summed E-state index contributed by atoms with van der Waals surface area (Å²) >= 11 is 0.